The number of piperidine rings is 1. The Morgan fingerprint density at radius 1 is 1.45 bits per heavy atom. The molecule has 1 aliphatic heterocycles. The second-order valence-corrected chi connectivity index (χ2v) is 7.81. The number of aryl methyl sites for hydroxylation is 1. The van der Waals surface area contributed by atoms with Crippen molar-refractivity contribution >= 4 is 16.1 Å². The Morgan fingerprint density at radius 3 is 2.59 bits per heavy atom. The molecule has 124 valence electrons. The van der Waals surface area contributed by atoms with Gasteiger partial charge in [-0.25, -0.2) is 0 Å². The summed E-state index contributed by atoms with van der Waals surface area (Å²) >= 11 is 0. The minimum Gasteiger partial charge on any atom is -0.361 e. The second-order valence-electron chi connectivity index (χ2n) is 5.67. The maximum atomic E-state index is 12.0. The van der Waals surface area contributed by atoms with Crippen LogP contribution >= 0.6 is 0 Å². The number of hydrogen-bond acceptors (Lipinski definition) is 5. The van der Waals surface area contributed by atoms with E-state index in [-0.39, 0.29) is 17.5 Å². The van der Waals surface area contributed by atoms with E-state index in [9.17, 15) is 13.2 Å². The van der Waals surface area contributed by atoms with Crippen LogP contribution in [0.2, 0.25) is 0 Å². The summed E-state index contributed by atoms with van der Waals surface area (Å²) in [4.78, 5) is 11.9. The van der Waals surface area contributed by atoms with Gasteiger partial charge < -0.3 is 9.84 Å². The molecule has 0 unspecified atom stereocenters. The molecule has 0 aromatic carbocycles. The molecule has 1 N–H and O–H groups in total. The highest BCUT2D eigenvalue weighted by molar-refractivity contribution is 7.86. The van der Waals surface area contributed by atoms with Gasteiger partial charge in [-0.05, 0) is 25.7 Å². The first kappa shape index (κ1) is 16.9. The van der Waals surface area contributed by atoms with Gasteiger partial charge in [0.1, 0.15) is 5.76 Å². The van der Waals surface area contributed by atoms with Crippen LogP contribution in [0.1, 0.15) is 29.1 Å². The summed E-state index contributed by atoms with van der Waals surface area (Å²) in [5, 5.41) is 6.48. The van der Waals surface area contributed by atoms with E-state index in [0.717, 1.165) is 12.8 Å². The van der Waals surface area contributed by atoms with Gasteiger partial charge in [0.2, 0.25) is 0 Å². The van der Waals surface area contributed by atoms with Crippen LogP contribution in [0.3, 0.4) is 0 Å². The molecule has 0 atom stereocenters. The maximum Gasteiger partial charge on any atom is 0.281 e. The van der Waals surface area contributed by atoms with Gasteiger partial charge in [-0.3, -0.25) is 4.79 Å². The molecule has 9 heteroatoms. The molecule has 2 heterocycles. The number of carbonyl (C=O) groups excluding carboxylic acids is 1. The average Bonchev–Trinajstić information content (AvgIpc) is 2.91. The van der Waals surface area contributed by atoms with Crippen molar-refractivity contribution in [3.8, 4) is 0 Å². The number of nitrogens with one attached hydrogen (secondary N) is 1. The van der Waals surface area contributed by atoms with Gasteiger partial charge in [0.15, 0.2) is 5.69 Å². The summed E-state index contributed by atoms with van der Waals surface area (Å²) < 4.78 is 31.6. The third-order valence-electron chi connectivity index (χ3n) is 3.77. The lowest BCUT2D eigenvalue weighted by Crippen LogP contribution is -2.45. The van der Waals surface area contributed by atoms with Gasteiger partial charge in [-0.15, -0.1) is 0 Å². The van der Waals surface area contributed by atoms with Crippen LogP contribution in [0.25, 0.3) is 0 Å². The monoisotopic (exact) mass is 330 g/mol. The first-order valence-electron chi connectivity index (χ1n) is 7.20. The molecule has 8 nitrogen and oxygen atoms in total. The fourth-order valence-electron chi connectivity index (χ4n) is 2.38. The largest absolute Gasteiger partial charge is 0.361 e. The molecule has 0 radical (unpaired) electrons. The smallest absolute Gasteiger partial charge is 0.281 e. The summed E-state index contributed by atoms with van der Waals surface area (Å²) in [5.74, 6) is 0.595. The van der Waals surface area contributed by atoms with E-state index < -0.39 is 10.2 Å². The third-order valence-corrected chi connectivity index (χ3v) is 5.71. The zero-order chi connectivity index (χ0) is 16.3. The van der Waals surface area contributed by atoms with Crippen LogP contribution < -0.4 is 5.32 Å². The molecular formula is C13H22N4O4S. The minimum absolute atomic E-state index is 0.264. The molecular weight excluding hydrogens is 308 g/mol. The maximum absolute atomic E-state index is 12.0. The van der Waals surface area contributed by atoms with Gasteiger partial charge in [-0.2, -0.15) is 17.0 Å². The Kier molecular flexibility index (Phi) is 5.20. The molecule has 1 amide bonds. The Labute approximate surface area is 130 Å². The molecule has 1 saturated heterocycles. The lowest BCUT2D eigenvalue weighted by Gasteiger charge is -2.32. The summed E-state index contributed by atoms with van der Waals surface area (Å²) in [6, 6.07) is 1.58. The average molecular weight is 330 g/mol. The predicted molar refractivity (Wildman–Crippen MR) is 80.5 cm³/mol. The first-order chi connectivity index (χ1) is 10.3. The summed E-state index contributed by atoms with van der Waals surface area (Å²) in [6.45, 7) is 3.19. The lowest BCUT2D eigenvalue weighted by molar-refractivity contribution is 0.0932. The van der Waals surface area contributed by atoms with E-state index in [1.165, 1.54) is 22.7 Å². The van der Waals surface area contributed by atoms with E-state index >= 15 is 0 Å². The Balaban J connectivity index is 1.80. The second kappa shape index (κ2) is 6.76. The third kappa shape index (κ3) is 3.84. The highest BCUT2D eigenvalue weighted by Crippen LogP contribution is 2.20. The molecule has 1 aromatic rings. The molecule has 2 rings (SSSR count). The van der Waals surface area contributed by atoms with E-state index in [0.29, 0.717) is 25.4 Å². The Morgan fingerprint density at radius 2 is 2.09 bits per heavy atom. The minimum atomic E-state index is -3.34. The molecule has 0 saturated carbocycles. The Hall–Kier alpha value is -1.45. The molecule has 1 aliphatic rings. The normalized spacial score (nSPS) is 17.8. The topological polar surface area (TPSA) is 95.8 Å². The van der Waals surface area contributed by atoms with Crippen molar-refractivity contribution in [2.24, 2.45) is 5.92 Å². The molecule has 0 aliphatic carbocycles. The fraction of sp³-hybridized carbons (Fsp3) is 0.692. The van der Waals surface area contributed by atoms with E-state index in [1.807, 2.05) is 0 Å². The van der Waals surface area contributed by atoms with Gasteiger partial charge in [0.05, 0.1) is 0 Å². The van der Waals surface area contributed by atoms with Gasteiger partial charge in [0.25, 0.3) is 16.1 Å². The standard InChI is InChI=1S/C13H22N4O4S/c1-10-8-12(15-21-10)13(18)14-9-11-4-6-17(7-5-11)22(19,20)16(2)3/h8,11H,4-7,9H2,1-3H3,(H,14,18). The van der Waals surface area contributed by atoms with Crippen LogP contribution in [0.5, 0.6) is 0 Å². The van der Waals surface area contributed by atoms with Crippen LogP contribution in [-0.4, -0.2) is 61.8 Å². The zero-order valence-electron chi connectivity index (χ0n) is 13.1. The summed E-state index contributed by atoms with van der Waals surface area (Å²) in [5.41, 5.74) is 0.269. The van der Waals surface area contributed by atoms with Crippen molar-refractivity contribution in [1.82, 2.24) is 19.1 Å². The molecule has 0 bridgehead atoms. The van der Waals surface area contributed by atoms with Crippen LogP contribution in [0.4, 0.5) is 0 Å². The van der Waals surface area contributed by atoms with E-state index in [1.54, 1.807) is 13.0 Å². The van der Waals surface area contributed by atoms with Crippen molar-refractivity contribution in [3.63, 3.8) is 0 Å². The quantitative estimate of drug-likeness (QED) is 0.834. The molecule has 22 heavy (non-hydrogen) atoms. The van der Waals surface area contributed by atoms with E-state index in [4.69, 9.17) is 4.52 Å². The number of amides is 1. The van der Waals surface area contributed by atoms with Crippen molar-refractivity contribution < 1.29 is 17.7 Å². The summed E-state index contributed by atoms with van der Waals surface area (Å²) in [7, 11) is -0.279. The van der Waals surface area contributed by atoms with Crippen LogP contribution in [-0.2, 0) is 10.2 Å². The van der Waals surface area contributed by atoms with Crippen molar-refractivity contribution in [2.75, 3.05) is 33.7 Å². The predicted octanol–water partition coefficient (Wildman–Crippen LogP) is 0.231. The van der Waals surface area contributed by atoms with Gasteiger partial charge in [0, 0.05) is 39.8 Å². The van der Waals surface area contributed by atoms with Gasteiger partial charge >= 0.3 is 0 Å². The molecule has 1 fully saturated rings. The zero-order valence-corrected chi connectivity index (χ0v) is 13.9. The van der Waals surface area contributed by atoms with E-state index in [2.05, 4.69) is 10.5 Å². The summed E-state index contributed by atoms with van der Waals surface area (Å²) in [6.07, 6.45) is 1.45. The first-order valence-corrected chi connectivity index (χ1v) is 8.59. The van der Waals surface area contributed by atoms with Crippen molar-refractivity contribution in [2.45, 2.75) is 19.8 Å². The lowest BCUT2D eigenvalue weighted by atomic mass is 9.98. The highest BCUT2D eigenvalue weighted by atomic mass is 32.2. The van der Waals surface area contributed by atoms with Crippen molar-refractivity contribution in [3.05, 3.63) is 17.5 Å². The number of carbonyl (C=O) groups is 1. The number of rotatable bonds is 5. The SMILES string of the molecule is Cc1cc(C(=O)NCC2CCN(S(=O)(=O)N(C)C)CC2)no1. The number of aromatic nitrogens is 1. The van der Waals surface area contributed by atoms with Gasteiger partial charge in [-0.1, -0.05) is 5.16 Å². The Bertz CT molecular complexity index is 618. The highest BCUT2D eigenvalue weighted by Gasteiger charge is 2.29. The molecule has 1 aromatic heterocycles. The van der Waals surface area contributed by atoms with Crippen LogP contribution in [0.15, 0.2) is 10.6 Å². The number of nitrogens with zero attached hydrogens (tertiary/aromatic N) is 3. The van der Waals surface area contributed by atoms with Crippen molar-refractivity contribution in [1.29, 1.82) is 0 Å². The molecule has 0 spiro atoms. The van der Waals surface area contributed by atoms with Crippen LogP contribution in [0, 0.1) is 12.8 Å². The number of hydrogen-bond donors (Lipinski definition) is 1. The fourth-order valence-corrected chi connectivity index (χ4v) is 3.51.